The van der Waals surface area contributed by atoms with Gasteiger partial charge in [-0.3, -0.25) is 9.59 Å². The van der Waals surface area contributed by atoms with Crippen molar-refractivity contribution in [3.05, 3.63) is 30.0 Å². The number of para-hydroxylation sites is 1. The number of aromatic nitrogens is 1. The fourth-order valence-corrected chi connectivity index (χ4v) is 4.65. The SMILES string of the molecule is CC[C@@H](COc1cccc2c(OCCOC)cc(C(=O)N(C(C)C)[C@@H]3CCCNC3)nc12)NC(=O)C(C)(C)C. The van der Waals surface area contributed by atoms with Crippen LogP contribution in [0.4, 0.5) is 0 Å². The van der Waals surface area contributed by atoms with E-state index in [-0.39, 0.29) is 36.5 Å². The fraction of sp³-hybridized carbons (Fsp3) is 0.633. The van der Waals surface area contributed by atoms with Crippen LogP contribution in [0.25, 0.3) is 10.9 Å². The van der Waals surface area contributed by atoms with Gasteiger partial charge in [0.05, 0.1) is 12.6 Å². The van der Waals surface area contributed by atoms with Gasteiger partial charge < -0.3 is 29.7 Å². The monoisotopic (exact) mass is 542 g/mol. The lowest BCUT2D eigenvalue weighted by atomic mass is 9.95. The van der Waals surface area contributed by atoms with Crippen LogP contribution in [-0.4, -0.2) is 79.8 Å². The summed E-state index contributed by atoms with van der Waals surface area (Å²) in [6.07, 6.45) is 2.70. The van der Waals surface area contributed by atoms with Crippen molar-refractivity contribution >= 4 is 22.7 Å². The minimum absolute atomic E-state index is 0.0148. The summed E-state index contributed by atoms with van der Waals surface area (Å²) in [6.45, 7) is 14.5. The summed E-state index contributed by atoms with van der Waals surface area (Å²) in [5.41, 5.74) is 0.380. The number of nitrogens with zero attached hydrogens (tertiary/aromatic N) is 2. The Morgan fingerprint density at radius 2 is 1.95 bits per heavy atom. The van der Waals surface area contributed by atoms with Gasteiger partial charge in [0.1, 0.15) is 35.9 Å². The number of hydrogen-bond donors (Lipinski definition) is 2. The molecule has 0 spiro atoms. The Bertz CT molecular complexity index is 1110. The molecule has 1 aromatic heterocycles. The van der Waals surface area contributed by atoms with Crippen LogP contribution in [0.3, 0.4) is 0 Å². The number of ether oxygens (including phenoxy) is 3. The Morgan fingerprint density at radius 1 is 1.18 bits per heavy atom. The first-order chi connectivity index (χ1) is 18.6. The van der Waals surface area contributed by atoms with E-state index in [4.69, 9.17) is 19.2 Å². The summed E-state index contributed by atoms with van der Waals surface area (Å²) >= 11 is 0. The van der Waals surface area contributed by atoms with E-state index in [1.54, 1.807) is 13.2 Å². The number of rotatable bonds is 12. The molecule has 2 heterocycles. The van der Waals surface area contributed by atoms with E-state index < -0.39 is 5.41 Å². The predicted molar refractivity (Wildman–Crippen MR) is 153 cm³/mol. The summed E-state index contributed by atoms with van der Waals surface area (Å²) in [4.78, 5) is 33.2. The van der Waals surface area contributed by atoms with Crippen molar-refractivity contribution in [2.24, 2.45) is 5.41 Å². The number of piperidine rings is 1. The highest BCUT2D eigenvalue weighted by molar-refractivity contribution is 5.98. The maximum Gasteiger partial charge on any atom is 0.273 e. The molecule has 0 bridgehead atoms. The Kier molecular flexibility index (Phi) is 10.9. The minimum Gasteiger partial charge on any atom is -0.490 e. The number of pyridine rings is 1. The van der Waals surface area contributed by atoms with Crippen LogP contribution < -0.4 is 20.1 Å². The highest BCUT2D eigenvalue weighted by Gasteiger charge is 2.30. The molecule has 2 atom stereocenters. The maximum atomic E-state index is 13.9. The topological polar surface area (TPSA) is 102 Å². The lowest BCUT2D eigenvalue weighted by Gasteiger charge is -2.37. The van der Waals surface area contributed by atoms with Gasteiger partial charge in [-0.15, -0.1) is 0 Å². The summed E-state index contributed by atoms with van der Waals surface area (Å²) < 4.78 is 17.5. The van der Waals surface area contributed by atoms with Crippen molar-refractivity contribution in [1.29, 1.82) is 0 Å². The average Bonchev–Trinajstić information content (AvgIpc) is 2.90. The van der Waals surface area contributed by atoms with Crippen LogP contribution >= 0.6 is 0 Å². The number of fused-ring (bicyclic) bond motifs is 1. The van der Waals surface area contributed by atoms with Crippen molar-refractivity contribution in [1.82, 2.24) is 20.5 Å². The van der Waals surface area contributed by atoms with Crippen molar-refractivity contribution in [2.75, 3.05) is 40.0 Å². The highest BCUT2D eigenvalue weighted by atomic mass is 16.5. The van der Waals surface area contributed by atoms with Crippen molar-refractivity contribution in [3.63, 3.8) is 0 Å². The predicted octanol–water partition coefficient (Wildman–Crippen LogP) is 4.18. The van der Waals surface area contributed by atoms with E-state index in [0.29, 0.717) is 42.3 Å². The van der Waals surface area contributed by atoms with Gasteiger partial charge >= 0.3 is 0 Å². The molecule has 0 aliphatic carbocycles. The number of carbonyl (C=O) groups is 2. The number of nitrogens with one attached hydrogen (secondary N) is 2. The number of methoxy groups -OCH3 is 1. The van der Waals surface area contributed by atoms with E-state index >= 15 is 0 Å². The summed E-state index contributed by atoms with van der Waals surface area (Å²) in [6, 6.07) is 7.32. The quantitative estimate of drug-likeness (QED) is 0.388. The number of carbonyl (C=O) groups excluding carboxylic acids is 2. The molecule has 2 N–H and O–H groups in total. The molecule has 3 rings (SSSR count). The molecular formula is C30H46N4O5. The largest absolute Gasteiger partial charge is 0.490 e. The van der Waals surface area contributed by atoms with E-state index in [1.807, 2.05) is 64.6 Å². The molecule has 0 unspecified atom stereocenters. The van der Waals surface area contributed by atoms with Gasteiger partial charge in [0.15, 0.2) is 0 Å². The summed E-state index contributed by atoms with van der Waals surface area (Å²) in [7, 11) is 1.62. The third-order valence-corrected chi connectivity index (χ3v) is 6.93. The van der Waals surface area contributed by atoms with Crippen LogP contribution in [0, 0.1) is 5.41 Å². The molecule has 1 aromatic carbocycles. The molecule has 0 saturated carbocycles. The summed E-state index contributed by atoms with van der Waals surface area (Å²) in [5, 5.41) is 7.24. The molecule has 0 radical (unpaired) electrons. The maximum absolute atomic E-state index is 13.9. The molecule has 1 fully saturated rings. The van der Waals surface area contributed by atoms with Gasteiger partial charge in [-0.1, -0.05) is 33.8 Å². The molecule has 216 valence electrons. The number of benzene rings is 1. The lowest BCUT2D eigenvalue weighted by molar-refractivity contribution is -0.129. The molecule has 2 aromatic rings. The first kappa shape index (κ1) is 30.6. The number of amides is 2. The van der Waals surface area contributed by atoms with Gasteiger partial charge in [-0.05, 0) is 51.8 Å². The second-order valence-electron chi connectivity index (χ2n) is 11.4. The minimum atomic E-state index is -0.492. The van der Waals surface area contributed by atoms with Crippen LogP contribution in [0.2, 0.25) is 0 Å². The smallest absolute Gasteiger partial charge is 0.273 e. The van der Waals surface area contributed by atoms with Gasteiger partial charge in [-0.25, -0.2) is 4.98 Å². The van der Waals surface area contributed by atoms with Gasteiger partial charge in [0.2, 0.25) is 5.91 Å². The van der Waals surface area contributed by atoms with Crippen molar-refractivity contribution in [3.8, 4) is 11.5 Å². The first-order valence-electron chi connectivity index (χ1n) is 14.1. The Hall–Kier alpha value is -2.91. The molecular weight excluding hydrogens is 496 g/mol. The van der Waals surface area contributed by atoms with Crippen LogP contribution in [-0.2, 0) is 9.53 Å². The standard InChI is InChI=1S/C30H46N4O5/c1-8-21(32-29(36)30(4,5)6)19-39-25-13-9-12-23-26(38-16-15-37-7)17-24(33-27(23)25)28(35)34(20(2)3)22-11-10-14-31-18-22/h9,12-13,17,20-22,31H,8,10-11,14-16,18-19H2,1-7H3,(H,32,36)/t21-,22+/m0/s1. The van der Waals surface area contributed by atoms with Crippen LogP contribution in [0.15, 0.2) is 24.3 Å². The number of hydrogen-bond acceptors (Lipinski definition) is 7. The molecule has 1 aliphatic heterocycles. The second kappa shape index (κ2) is 13.9. The lowest BCUT2D eigenvalue weighted by Crippen LogP contribution is -2.51. The molecule has 2 amide bonds. The highest BCUT2D eigenvalue weighted by Crippen LogP contribution is 2.33. The van der Waals surface area contributed by atoms with Gasteiger partial charge in [0.25, 0.3) is 5.91 Å². The molecule has 1 aliphatic rings. The Balaban J connectivity index is 1.97. The third-order valence-electron chi connectivity index (χ3n) is 6.93. The Morgan fingerprint density at radius 3 is 2.56 bits per heavy atom. The van der Waals surface area contributed by atoms with E-state index in [9.17, 15) is 9.59 Å². The van der Waals surface area contributed by atoms with Crippen LogP contribution in [0.1, 0.15) is 71.3 Å². The molecule has 9 heteroatoms. The first-order valence-corrected chi connectivity index (χ1v) is 14.1. The molecule has 1 saturated heterocycles. The Labute approximate surface area is 233 Å². The van der Waals surface area contributed by atoms with E-state index in [1.165, 1.54) is 0 Å². The van der Waals surface area contributed by atoms with Crippen molar-refractivity contribution in [2.45, 2.75) is 78.9 Å². The summed E-state index contributed by atoms with van der Waals surface area (Å²) in [5.74, 6) is 0.944. The zero-order chi connectivity index (χ0) is 28.6. The van der Waals surface area contributed by atoms with E-state index in [2.05, 4.69) is 10.6 Å². The van der Waals surface area contributed by atoms with Gasteiger partial charge in [-0.2, -0.15) is 0 Å². The fourth-order valence-electron chi connectivity index (χ4n) is 4.65. The van der Waals surface area contributed by atoms with E-state index in [0.717, 1.165) is 31.3 Å². The van der Waals surface area contributed by atoms with Crippen molar-refractivity contribution < 1.29 is 23.8 Å². The molecule has 9 nitrogen and oxygen atoms in total. The van der Waals surface area contributed by atoms with Crippen LogP contribution in [0.5, 0.6) is 11.5 Å². The molecule has 39 heavy (non-hydrogen) atoms. The second-order valence-corrected chi connectivity index (χ2v) is 11.4. The van der Waals surface area contributed by atoms with Gasteiger partial charge in [0, 0.05) is 42.6 Å². The normalized spacial score (nSPS) is 16.7. The zero-order valence-electron chi connectivity index (χ0n) is 24.6. The third kappa shape index (κ3) is 8.05. The average molecular weight is 543 g/mol. The zero-order valence-corrected chi connectivity index (χ0v) is 24.6.